The van der Waals surface area contributed by atoms with Crippen LogP contribution in [0.1, 0.15) is 21.9 Å². The SMILES string of the molecule is Cc1cc(CCN(C)C(=O)c2c(N(C)C=O)ncn2C)on1. The summed E-state index contributed by atoms with van der Waals surface area (Å²) in [6, 6.07) is 1.84. The summed E-state index contributed by atoms with van der Waals surface area (Å²) >= 11 is 0. The largest absolute Gasteiger partial charge is 0.361 e. The summed E-state index contributed by atoms with van der Waals surface area (Å²) in [5.74, 6) is 0.859. The fourth-order valence-electron chi connectivity index (χ4n) is 2.07. The molecular formula is C14H19N5O3. The maximum Gasteiger partial charge on any atom is 0.274 e. The number of hydrogen-bond acceptors (Lipinski definition) is 5. The van der Waals surface area contributed by atoms with Gasteiger partial charge in [0.25, 0.3) is 5.91 Å². The maximum atomic E-state index is 12.6. The first-order chi connectivity index (χ1) is 10.4. The molecule has 118 valence electrons. The van der Waals surface area contributed by atoms with Gasteiger partial charge < -0.3 is 18.9 Å². The van der Waals surface area contributed by atoms with Gasteiger partial charge in [-0.2, -0.15) is 0 Å². The average Bonchev–Trinajstić information content (AvgIpc) is 3.09. The molecule has 0 aliphatic heterocycles. The topological polar surface area (TPSA) is 84.5 Å². The summed E-state index contributed by atoms with van der Waals surface area (Å²) in [6.07, 6.45) is 2.70. The third-order valence-electron chi connectivity index (χ3n) is 3.33. The minimum atomic E-state index is -0.208. The maximum absolute atomic E-state index is 12.6. The highest BCUT2D eigenvalue weighted by molar-refractivity contribution is 5.99. The van der Waals surface area contributed by atoms with E-state index in [2.05, 4.69) is 10.1 Å². The van der Waals surface area contributed by atoms with Crippen molar-refractivity contribution in [3.63, 3.8) is 0 Å². The molecule has 0 N–H and O–H groups in total. The molecule has 2 amide bonds. The second-order valence-electron chi connectivity index (χ2n) is 5.16. The quantitative estimate of drug-likeness (QED) is 0.731. The van der Waals surface area contributed by atoms with Crippen LogP contribution in [-0.2, 0) is 18.3 Å². The number of anilines is 1. The molecule has 0 bridgehead atoms. The van der Waals surface area contributed by atoms with Gasteiger partial charge in [-0.05, 0) is 6.92 Å². The Labute approximate surface area is 128 Å². The molecule has 2 aromatic rings. The van der Waals surface area contributed by atoms with Gasteiger partial charge in [0.2, 0.25) is 6.41 Å². The van der Waals surface area contributed by atoms with E-state index in [1.807, 2.05) is 13.0 Å². The third-order valence-corrected chi connectivity index (χ3v) is 3.33. The Kier molecular flexibility index (Phi) is 4.59. The predicted molar refractivity (Wildman–Crippen MR) is 79.6 cm³/mol. The lowest BCUT2D eigenvalue weighted by atomic mass is 10.2. The standard InChI is InChI=1S/C14H19N5O3/c1-10-7-11(22-16-10)5-6-17(2)14(21)12-13(19(4)9-20)15-8-18(12)3/h7-9H,5-6H2,1-4H3. The lowest BCUT2D eigenvalue weighted by Gasteiger charge is -2.18. The Bertz CT molecular complexity index is 676. The van der Waals surface area contributed by atoms with Crippen molar-refractivity contribution in [3.05, 3.63) is 29.5 Å². The van der Waals surface area contributed by atoms with Crippen LogP contribution in [0.25, 0.3) is 0 Å². The van der Waals surface area contributed by atoms with Gasteiger partial charge in [0.15, 0.2) is 11.5 Å². The Morgan fingerprint density at radius 1 is 1.45 bits per heavy atom. The molecule has 2 rings (SSSR count). The van der Waals surface area contributed by atoms with Crippen molar-refractivity contribution >= 4 is 18.1 Å². The number of amides is 2. The molecule has 8 heteroatoms. The zero-order valence-corrected chi connectivity index (χ0v) is 13.1. The summed E-state index contributed by atoms with van der Waals surface area (Å²) in [7, 11) is 4.97. The molecule has 0 spiro atoms. The zero-order chi connectivity index (χ0) is 16.3. The van der Waals surface area contributed by atoms with Crippen LogP contribution < -0.4 is 4.90 Å². The van der Waals surface area contributed by atoms with Gasteiger partial charge in [0.1, 0.15) is 5.76 Å². The van der Waals surface area contributed by atoms with Crippen LogP contribution in [0.2, 0.25) is 0 Å². The van der Waals surface area contributed by atoms with Crippen LogP contribution in [0.3, 0.4) is 0 Å². The molecule has 0 unspecified atom stereocenters. The molecular weight excluding hydrogens is 286 g/mol. The number of hydrogen-bond donors (Lipinski definition) is 0. The van der Waals surface area contributed by atoms with Crippen LogP contribution in [0.5, 0.6) is 0 Å². The number of aryl methyl sites for hydroxylation is 2. The first-order valence-electron chi connectivity index (χ1n) is 6.81. The van der Waals surface area contributed by atoms with Gasteiger partial charge in [0, 0.05) is 40.2 Å². The number of rotatable bonds is 6. The first kappa shape index (κ1) is 15.7. The molecule has 22 heavy (non-hydrogen) atoms. The van der Waals surface area contributed by atoms with E-state index in [0.29, 0.717) is 30.9 Å². The molecule has 0 saturated carbocycles. The highest BCUT2D eigenvalue weighted by Crippen LogP contribution is 2.17. The van der Waals surface area contributed by atoms with Crippen molar-refractivity contribution < 1.29 is 14.1 Å². The fraction of sp³-hybridized carbons (Fsp3) is 0.429. The fourth-order valence-corrected chi connectivity index (χ4v) is 2.07. The van der Waals surface area contributed by atoms with Crippen molar-refractivity contribution in [2.75, 3.05) is 25.5 Å². The molecule has 2 aromatic heterocycles. The van der Waals surface area contributed by atoms with Gasteiger partial charge in [-0.25, -0.2) is 4.98 Å². The minimum Gasteiger partial charge on any atom is -0.361 e. The van der Waals surface area contributed by atoms with E-state index in [1.165, 1.54) is 11.2 Å². The molecule has 0 fully saturated rings. The average molecular weight is 305 g/mol. The number of nitrogens with zero attached hydrogens (tertiary/aromatic N) is 5. The van der Waals surface area contributed by atoms with Crippen LogP contribution in [0, 0.1) is 6.92 Å². The van der Waals surface area contributed by atoms with E-state index in [0.717, 1.165) is 11.5 Å². The van der Waals surface area contributed by atoms with Crippen molar-refractivity contribution in [2.24, 2.45) is 7.05 Å². The van der Waals surface area contributed by atoms with Gasteiger partial charge >= 0.3 is 0 Å². The summed E-state index contributed by atoms with van der Waals surface area (Å²) in [5.41, 5.74) is 1.18. The Balaban J connectivity index is 2.10. The van der Waals surface area contributed by atoms with Crippen molar-refractivity contribution in [1.82, 2.24) is 19.6 Å². The molecule has 0 atom stereocenters. The van der Waals surface area contributed by atoms with E-state index in [9.17, 15) is 9.59 Å². The van der Waals surface area contributed by atoms with E-state index in [1.54, 1.807) is 30.6 Å². The highest BCUT2D eigenvalue weighted by Gasteiger charge is 2.23. The second kappa shape index (κ2) is 6.42. The Morgan fingerprint density at radius 3 is 2.77 bits per heavy atom. The molecule has 0 aromatic carbocycles. The number of carbonyl (C=O) groups is 2. The van der Waals surface area contributed by atoms with Gasteiger partial charge in [-0.3, -0.25) is 9.59 Å². The van der Waals surface area contributed by atoms with Crippen LogP contribution in [0.15, 0.2) is 16.9 Å². The third kappa shape index (κ3) is 3.16. The molecule has 0 saturated heterocycles. The summed E-state index contributed by atoms with van der Waals surface area (Å²) in [6.45, 7) is 2.32. The van der Waals surface area contributed by atoms with Gasteiger partial charge in [0.05, 0.1) is 12.0 Å². The molecule has 0 radical (unpaired) electrons. The van der Waals surface area contributed by atoms with Crippen LogP contribution >= 0.6 is 0 Å². The minimum absolute atomic E-state index is 0.208. The summed E-state index contributed by atoms with van der Waals surface area (Å²) in [4.78, 5) is 30.4. The lowest BCUT2D eigenvalue weighted by Crippen LogP contribution is -2.32. The lowest BCUT2D eigenvalue weighted by molar-refractivity contribution is -0.107. The highest BCUT2D eigenvalue weighted by atomic mass is 16.5. The number of aromatic nitrogens is 3. The van der Waals surface area contributed by atoms with Crippen LogP contribution in [-0.4, -0.2) is 52.6 Å². The Morgan fingerprint density at radius 2 is 2.18 bits per heavy atom. The van der Waals surface area contributed by atoms with E-state index >= 15 is 0 Å². The predicted octanol–water partition coefficient (Wildman–Crippen LogP) is 0.624. The summed E-state index contributed by atoms with van der Waals surface area (Å²) in [5, 5.41) is 3.81. The van der Waals surface area contributed by atoms with Crippen molar-refractivity contribution in [2.45, 2.75) is 13.3 Å². The smallest absolute Gasteiger partial charge is 0.274 e. The van der Waals surface area contributed by atoms with Gasteiger partial charge in [-0.15, -0.1) is 0 Å². The second-order valence-corrected chi connectivity index (χ2v) is 5.16. The van der Waals surface area contributed by atoms with E-state index < -0.39 is 0 Å². The monoisotopic (exact) mass is 305 g/mol. The summed E-state index contributed by atoms with van der Waals surface area (Å²) < 4.78 is 6.73. The molecule has 2 heterocycles. The van der Waals surface area contributed by atoms with E-state index in [4.69, 9.17) is 4.52 Å². The number of imidazole rings is 1. The zero-order valence-electron chi connectivity index (χ0n) is 13.1. The molecule has 0 aliphatic carbocycles. The number of carbonyl (C=O) groups excluding carboxylic acids is 2. The van der Waals surface area contributed by atoms with Crippen molar-refractivity contribution in [1.29, 1.82) is 0 Å². The van der Waals surface area contributed by atoms with Crippen LogP contribution in [0.4, 0.5) is 5.82 Å². The van der Waals surface area contributed by atoms with Gasteiger partial charge in [-0.1, -0.05) is 5.16 Å². The number of likely N-dealkylation sites (N-methyl/N-ethyl adjacent to an activating group) is 1. The Hall–Kier alpha value is -2.64. The first-order valence-corrected chi connectivity index (χ1v) is 6.81. The van der Waals surface area contributed by atoms with Crippen molar-refractivity contribution in [3.8, 4) is 0 Å². The molecule has 0 aliphatic rings. The normalized spacial score (nSPS) is 10.5. The molecule has 8 nitrogen and oxygen atoms in total. The van der Waals surface area contributed by atoms with E-state index in [-0.39, 0.29) is 5.91 Å².